The van der Waals surface area contributed by atoms with Gasteiger partial charge in [-0.05, 0) is 25.1 Å². The molecule has 0 saturated heterocycles. The summed E-state index contributed by atoms with van der Waals surface area (Å²) in [4.78, 5) is 15.8. The lowest BCUT2D eigenvalue weighted by molar-refractivity contribution is -0.142. The van der Waals surface area contributed by atoms with Crippen molar-refractivity contribution in [1.82, 2.24) is 4.98 Å². The third kappa shape index (κ3) is 3.78. The second kappa shape index (κ2) is 6.50. The van der Waals surface area contributed by atoms with E-state index in [9.17, 15) is 4.79 Å². The molecule has 0 radical (unpaired) electrons. The zero-order valence-electron chi connectivity index (χ0n) is 10.2. The molecule has 0 saturated carbocycles. The van der Waals surface area contributed by atoms with Gasteiger partial charge in [0.25, 0.3) is 0 Å². The van der Waals surface area contributed by atoms with Crippen molar-refractivity contribution in [2.75, 3.05) is 6.61 Å². The van der Waals surface area contributed by atoms with Crippen molar-refractivity contribution < 1.29 is 9.53 Å². The Morgan fingerprint density at radius 2 is 2.32 bits per heavy atom. The van der Waals surface area contributed by atoms with Gasteiger partial charge in [-0.2, -0.15) is 0 Å². The van der Waals surface area contributed by atoms with E-state index in [0.29, 0.717) is 17.3 Å². The summed E-state index contributed by atoms with van der Waals surface area (Å²) >= 11 is 11.0. The fourth-order valence-electron chi connectivity index (χ4n) is 1.53. The summed E-state index contributed by atoms with van der Waals surface area (Å²) in [6.45, 7) is 2.17. The van der Waals surface area contributed by atoms with Gasteiger partial charge in [-0.3, -0.25) is 4.79 Å². The number of carbonyl (C=O) groups excluding carboxylic acids is 1. The lowest BCUT2D eigenvalue weighted by atomic mass is 10.2. The van der Waals surface area contributed by atoms with Crippen molar-refractivity contribution in [2.24, 2.45) is 0 Å². The third-order valence-corrected chi connectivity index (χ3v) is 4.07. The van der Waals surface area contributed by atoms with Gasteiger partial charge in [0, 0.05) is 15.4 Å². The predicted octanol–water partition coefficient (Wildman–Crippen LogP) is 4.33. The Bertz CT molecular complexity index is 600. The number of thiazole rings is 1. The number of aromatic nitrogens is 1. The number of nitrogens with zero attached hydrogens (tertiary/aromatic N) is 1. The summed E-state index contributed by atoms with van der Waals surface area (Å²) < 4.78 is 5.81. The van der Waals surface area contributed by atoms with E-state index in [1.54, 1.807) is 6.92 Å². The highest BCUT2D eigenvalue weighted by molar-refractivity contribution is 9.10. The van der Waals surface area contributed by atoms with Gasteiger partial charge in [0.15, 0.2) is 0 Å². The van der Waals surface area contributed by atoms with E-state index in [2.05, 4.69) is 20.9 Å². The Labute approximate surface area is 128 Å². The second-order valence-electron chi connectivity index (χ2n) is 3.75. The van der Waals surface area contributed by atoms with E-state index >= 15 is 0 Å². The van der Waals surface area contributed by atoms with E-state index in [0.717, 1.165) is 15.0 Å². The lowest BCUT2D eigenvalue weighted by Gasteiger charge is -2.01. The molecule has 0 N–H and O–H groups in total. The van der Waals surface area contributed by atoms with Gasteiger partial charge in [-0.25, -0.2) is 4.98 Å². The molecule has 19 heavy (non-hydrogen) atoms. The van der Waals surface area contributed by atoms with Crippen LogP contribution in [0.15, 0.2) is 28.1 Å². The summed E-state index contributed by atoms with van der Waals surface area (Å²) in [5.41, 5.74) is 1.57. The Morgan fingerprint density at radius 3 is 3.00 bits per heavy atom. The molecule has 1 heterocycles. The molecule has 1 aromatic heterocycles. The second-order valence-corrected chi connectivity index (χ2v) is 5.93. The minimum Gasteiger partial charge on any atom is -0.466 e. The maximum atomic E-state index is 11.4. The van der Waals surface area contributed by atoms with Crippen molar-refractivity contribution in [1.29, 1.82) is 0 Å². The van der Waals surface area contributed by atoms with Crippen molar-refractivity contribution in [3.8, 4) is 10.6 Å². The summed E-state index contributed by atoms with van der Waals surface area (Å²) in [6.07, 6.45) is 0.193. The van der Waals surface area contributed by atoms with Gasteiger partial charge >= 0.3 is 5.97 Å². The minimum atomic E-state index is -0.263. The van der Waals surface area contributed by atoms with Crippen LogP contribution in [0.2, 0.25) is 5.02 Å². The fourth-order valence-corrected chi connectivity index (χ4v) is 3.21. The molecule has 2 aromatic rings. The van der Waals surface area contributed by atoms with Crippen LogP contribution in [0.3, 0.4) is 0 Å². The van der Waals surface area contributed by atoms with E-state index in [4.69, 9.17) is 16.3 Å². The largest absolute Gasteiger partial charge is 0.466 e. The van der Waals surface area contributed by atoms with Gasteiger partial charge in [0.1, 0.15) is 5.01 Å². The standard InChI is InChI=1S/C13H11BrClNO2S/c1-2-18-12(17)6-9-7-19-13(16-9)10-4-3-8(14)5-11(10)15/h3-5,7H,2,6H2,1H3. The molecule has 0 aliphatic rings. The highest BCUT2D eigenvalue weighted by Crippen LogP contribution is 2.32. The van der Waals surface area contributed by atoms with Crippen LogP contribution in [0, 0.1) is 0 Å². The average molecular weight is 361 g/mol. The number of ether oxygens (including phenoxy) is 1. The van der Waals surface area contributed by atoms with E-state index < -0.39 is 0 Å². The summed E-state index contributed by atoms with van der Waals surface area (Å²) in [6, 6.07) is 5.64. The van der Waals surface area contributed by atoms with Gasteiger partial charge in [-0.1, -0.05) is 27.5 Å². The Balaban J connectivity index is 2.18. The first-order chi connectivity index (χ1) is 9.10. The topological polar surface area (TPSA) is 39.2 Å². The first-order valence-corrected chi connectivity index (χ1v) is 7.70. The molecule has 1 aromatic carbocycles. The smallest absolute Gasteiger partial charge is 0.311 e. The molecule has 2 rings (SSSR count). The van der Waals surface area contributed by atoms with Crippen LogP contribution >= 0.6 is 38.9 Å². The first-order valence-electron chi connectivity index (χ1n) is 5.65. The Hall–Kier alpha value is -0.910. The molecule has 0 bridgehead atoms. The molecule has 0 amide bonds. The van der Waals surface area contributed by atoms with Crippen LogP contribution in [-0.4, -0.2) is 17.6 Å². The van der Waals surface area contributed by atoms with Gasteiger partial charge < -0.3 is 4.74 Å². The number of rotatable bonds is 4. The number of carbonyl (C=O) groups is 1. The third-order valence-electron chi connectivity index (χ3n) is 2.34. The number of halogens is 2. The minimum absolute atomic E-state index is 0.193. The van der Waals surface area contributed by atoms with Crippen LogP contribution < -0.4 is 0 Å². The molecular formula is C13H11BrClNO2S. The van der Waals surface area contributed by atoms with Crippen molar-refractivity contribution in [2.45, 2.75) is 13.3 Å². The van der Waals surface area contributed by atoms with Gasteiger partial charge in [0.05, 0.1) is 23.7 Å². The molecule has 6 heteroatoms. The molecule has 0 atom stereocenters. The molecule has 0 aliphatic heterocycles. The van der Waals surface area contributed by atoms with Crippen LogP contribution in [0.25, 0.3) is 10.6 Å². The maximum Gasteiger partial charge on any atom is 0.311 e. The first kappa shape index (κ1) is 14.5. The maximum absolute atomic E-state index is 11.4. The van der Waals surface area contributed by atoms with Crippen molar-refractivity contribution >= 4 is 44.8 Å². The van der Waals surface area contributed by atoms with E-state index in [1.165, 1.54) is 11.3 Å². The highest BCUT2D eigenvalue weighted by atomic mass is 79.9. The van der Waals surface area contributed by atoms with Gasteiger partial charge in [-0.15, -0.1) is 11.3 Å². The molecular weight excluding hydrogens is 350 g/mol. The van der Waals surface area contributed by atoms with Crippen molar-refractivity contribution in [3.05, 3.63) is 38.8 Å². The van der Waals surface area contributed by atoms with E-state index in [1.807, 2.05) is 23.6 Å². The normalized spacial score (nSPS) is 10.5. The zero-order valence-corrected chi connectivity index (χ0v) is 13.3. The Morgan fingerprint density at radius 1 is 1.53 bits per heavy atom. The van der Waals surface area contributed by atoms with Crippen LogP contribution in [0.1, 0.15) is 12.6 Å². The molecule has 0 aliphatic carbocycles. The van der Waals surface area contributed by atoms with Crippen LogP contribution in [0.4, 0.5) is 0 Å². The number of hydrogen-bond acceptors (Lipinski definition) is 4. The Kier molecular flexibility index (Phi) is 4.96. The predicted molar refractivity (Wildman–Crippen MR) is 80.6 cm³/mol. The molecule has 0 spiro atoms. The average Bonchev–Trinajstić information content (AvgIpc) is 2.77. The number of benzene rings is 1. The zero-order chi connectivity index (χ0) is 13.8. The monoisotopic (exact) mass is 359 g/mol. The molecule has 100 valence electrons. The molecule has 0 fully saturated rings. The summed E-state index contributed by atoms with van der Waals surface area (Å²) in [7, 11) is 0. The number of esters is 1. The summed E-state index contributed by atoms with van der Waals surface area (Å²) in [5.74, 6) is -0.263. The van der Waals surface area contributed by atoms with E-state index in [-0.39, 0.29) is 12.4 Å². The fraction of sp³-hybridized carbons (Fsp3) is 0.231. The highest BCUT2D eigenvalue weighted by Gasteiger charge is 2.11. The van der Waals surface area contributed by atoms with Crippen LogP contribution in [0.5, 0.6) is 0 Å². The quantitative estimate of drug-likeness (QED) is 0.762. The molecule has 3 nitrogen and oxygen atoms in total. The number of hydrogen-bond donors (Lipinski definition) is 0. The lowest BCUT2D eigenvalue weighted by Crippen LogP contribution is -2.07. The SMILES string of the molecule is CCOC(=O)Cc1csc(-c2ccc(Br)cc2Cl)n1. The van der Waals surface area contributed by atoms with Gasteiger partial charge in [0.2, 0.25) is 0 Å². The van der Waals surface area contributed by atoms with Crippen LogP contribution in [-0.2, 0) is 16.0 Å². The van der Waals surface area contributed by atoms with Crippen molar-refractivity contribution in [3.63, 3.8) is 0 Å². The summed E-state index contributed by atoms with van der Waals surface area (Å²) in [5, 5.41) is 3.29. The molecule has 0 unspecified atom stereocenters.